The van der Waals surface area contributed by atoms with Crippen molar-refractivity contribution in [2.75, 3.05) is 6.61 Å². The Morgan fingerprint density at radius 3 is 2.88 bits per heavy atom. The Morgan fingerprint density at radius 2 is 2.21 bits per heavy atom. The number of aryl methyl sites for hydroxylation is 3. The molecule has 24 heavy (non-hydrogen) atoms. The van der Waals surface area contributed by atoms with Gasteiger partial charge in [0.2, 0.25) is 5.91 Å². The van der Waals surface area contributed by atoms with Gasteiger partial charge < -0.3 is 10.4 Å². The Hall–Kier alpha value is -2.41. The predicted octanol–water partition coefficient (Wildman–Crippen LogP) is 0.474. The fourth-order valence-electron chi connectivity index (χ4n) is 3.34. The normalized spacial score (nSPS) is 20.0. The third-order valence-corrected chi connectivity index (χ3v) is 4.67. The molecular weight excluding hydrogens is 308 g/mol. The molecule has 3 N–H and O–H groups in total. The third-order valence-electron chi connectivity index (χ3n) is 4.67. The zero-order chi connectivity index (χ0) is 17.4. The molecule has 0 fully saturated rings. The Balaban J connectivity index is 1.82. The summed E-state index contributed by atoms with van der Waals surface area (Å²) in [7, 11) is 1.74. The number of nitrogens with one attached hydrogen (secondary N) is 2. The van der Waals surface area contributed by atoms with Gasteiger partial charge in [0.1, 0.15) is 0 Å². The Labute approximate surface area is 139 Å². The summed E-state index contributed by atoms with van der Waals surface area (Å²) in [6.07, 6.45) is 4.75. The van der Waals surface area contributed by atoms with Crippen LogP contribution in [0.4, 0.5) is 0 Å². The van der Waals surface area contributed by atoms with E-state index in [1.54, 1.807) is 11.7 Å². The van der Waals surface area contributed by atoms with Gasteiger partial charge in [-0.3, -0.25) is 19.4 Å². The highest BCUT2D eigenvalue weighted by Crippen LogP contribution is 2.21. The summed E-state index contributed by atoms with van der Waals surface area (Å²) in [6, 6.07) is -0.0490. The lowest BCUT2D eigenvalue weighted by molar-refractivity contribution is -0.120. The van der Waals surface area contributed by atoms with Crippen LogP contribution in [0.3, 0.4) is 0 Å². The number of aliphatic hydroxyl groups is 1. The van der Waals surface area contributed by atoms with E-state index in [2.05, 4.69) is 15.4 Å². The number of nitrogens with zero attached hydrogens (tertiary/aromatic N) is 2. The van der Waals surface area contributed by atoms with Crippen molar-refractivity contribution in [1.29, 1.82) is 0 Å². The molecule has 2 aromatic rings. The van der Waals surface area contributed by atoms with E-state index in [0.717, 1.165) is 23.2 Å². The number of hydrogen-bond acceptors (Lipinski definition) is 4. The van der Waals surface area contributed by atoms with Crippen LogP contribution in [0.2, 0.25) is 0 Å². The summed E-state index contributed by atoms with van der Waals surface area (Å²) in [5.41, 5.74) is 2.74. The van der Waals surface area contributed by atoms with Gasteiger partial charge in [-0.25, -0.2) is 4.98 Å². The fraction of sp³-hybridized carbons (Fsp3) is 0.471. The molecule has 2 heterocycles. The second kappa shape index (κ2) is 6.24. The Kier molecular flexibility index (Phi) is 4.28. The lowest BCUT2D eigenvalue weighted by atomic mass is 10.0. The van der Waals surface area contributed by atoms with Crippen LogP contribution in [0.5, 0.6) is 0 Å². The van der Waals surface area contributed by atoms with Gasteiger partial charge >= 0.3 is 0 Å². The minimum Gasteiger partial charge on any atom is -0.396 e. The first-order chi connectivity index (χ1) is 11.4. The van der Waals surface area contributed by atoms with Crippen molar-refractivity contribution in [3.05, 3.63) is 39.3 Å². The third kappa shape index (κ3) is 2.87. The SMILES string of the molecule is Cc1nc2c(c(C)c1CC(=O)N[C@@H]1C=C[C@H](CO)C1)c(=O)[nH]n2C. The van der Waals surface area contributed by atoms with Crippen molar-refractivity contribution >= 4 is 16.9 Å². The van der Waals surface area contributed by atoms with Crippen LogP contribution >= 0.6 is 0 Å². The number of H-pyrrole nitrogens is 1. The van der Waals surface area contributed by atoms with Crippen molar-refractivity contribution in [3.63, 3.8) is 0 Å². The molecule has 0 unspecified atom stereocenters. The maximum atomic E-state index is 12.4. The van der Waals surface area contributed by atoms with Crippen LogP contribution in [0.1, 0.15) is 23.2 Å². The lowest BCUT2D eigenvalue weighted by Crippen LogP contribution is -2.34. The highest BCUT2D eigenvalue weighted by Gasteiger charge is 2.22. The molecule has 2 aromatic heterocycles. The number of aromatic amines is 1. The maximum absolute atomic E-state index is 12.4. The molecule has 1 aliphatic carbocycles. The molecule has 1 amide bonds. The molecule has 3 rings (SSSR count). The van der Waals surface area contributed by atoms with Crippen LogP contribution in [0.15, 0.2) is 16.9 Å². The van der Waals surface area contributed by atoms with E-state index in [4.69, 9.17) is 5.11 Å². The molecule has 2 atom stereocenters. The largest absolute Gasteiger partial charge is 0.396 e. The van der Waals surface area contributed by atoms with E-state index >= 15 is 0 Å². The molecule has 7 nitrogen and oxygen atoms in total. The van der Waals surface area contributed by atoms with Gasteiger partial charge in [-0.1, -0.05) is 12.2 Å². The lowest BCUT2D eigenvalue weighted by Gasteiger charge is -2.14. The fourth-order valence-corrected chi connectivity index (χ4v) is 3.34. The van der Waals surface area contributed by atoms with Gasteiger partial charge in [-0.05, 0) is 31.4 Å². The average molecular weight is 330 g/mol. The van der Waals surface area contributed by atoms with E-state index in [1.807, 2.05) is 26.0 Å². The summed E-state index contributed by atoms with van der Waals surface area (Å²) >= 11 is 0. The van der Waals surface area contributed by atoms with Gasteiger partial charge in [-0.15, -0.1) is 0 Å². The first-order valence-corrected chi connectivity index (χ1v) is 8.04. The highest BCUT2D eigenvalue weighted by molar-refractivity contribution is 5.84. The molecule has 0 aliphatic heterocycles. The van der Waals surface area contributed by atoms with E-state index < -0.39 is 0 Å². The van der Waals surface area contributed by atoms with Gasteiger partial charge in [0.15, 0.2) is 5.65 Å². The molecular formula is C17H22N4O3. The number of amides is 1. The molecule has 0 saturated carbocycles. The van der Waals surface area contributed by atoms with E-state index in [1.165, 1.54) is 0 Å². The zero-order valence-electron chi connectivity index (χ0n) is 14.1. The van der Waals surface area contributed by atoms with Crippen molar-refractivity contribution in [3.8, 4) is 0 Å². The molecule has 0 radical (unpaired) electrons. The van der Waals surface area contributed by atoms with Crippen LogP contribution in [-0.4, -0.2) is 38.4 Å². The standard InChI is InChI=1S/C17H22N4O3/c1-9-13(7-14(23)19-12-5-4-11(6-12)8-22)10(2)18-16-15(9)17(24)20-21(16)3/h4-5,11-12,22H,6-8H2,1-3H3,(H,19,23)(H,20,24)/t11-,12+/m0/s1. The smallest absolute Gasteiger partial charge is 0.273 e. The van der Waals surface area contributed by atoms with Crippen molar-refractivity contribution in [2.24, 2.45) is 13.0 Å². The second-order valence-electron chi connectivity index (χ2n) is 6.41. The summed E-state index contributed by atoms with van der Waals surface area (Å²) in [6.45, 7) is 3.80. The van der Waals surface area contributed by atoms with Crippen molar-refractivity contribution in [1.82, 2.24) is 20.1 Å². The van der Waals surface area contributed by atoms with E-state index in [9.17, 15) is 9.59 Å². The number of fused-ring (bicyclic) bond motifs is 1. The summed E-state index contributed by atoms with van der Waals surface area (Å²) in [5, 5.41) is 15.3. The minimum absolute atomic E-state index is 0.0490. The molecule has 0 bridgehead atoms. The Bertz CT molecular complexity index is 878. The van der Waals surface area contributed by atoms with Gasteiger partial charge in [0.05, 0.1) is 11.8 Å². The number of aliphatic hydroxyl groups excluding tert-OH is 1. The second-order valence-corrected chi connectivity index (χ2v) is 6.41. The van der Waals surface area contributed by atoms with Crippen LogP contribution < -0.4 is 10.9 Å². The monoisotopic (exact) mass is 330 g/mol. The first-order valence-electron chi connectivity index (χ1n) is 8.04. The summed E-state index contributed by atoms with van der Waals surface area (Å²) in [4.78, 5) is 28.9. The predicted molar refractivity (Wildman–Crippen MR) is 90.8 cm³/mol. The topological polar surface area (TPSA) is 100 Å². The van der Waals surface area contributed by atoms with Crippen LogP contribution in [0.25, 0.3) is 11.0 Å². The number of carbonyl (C=O) groups is 1. The quantitative estimate of drug-likeness (QED) is 0.710. The van der Waals surface area contributed by atoms with Gasteiger partial charge in [0.25, 0.3) is 5.56 Å². The number of carbonyl (C=O) groups excluding carboxylic acids is 1. The molecule has 128 valence electrons. The number of pyridine rings is 1. The zero-order valence-corrected chi connectivity index (χ0v) is 14.1. The Morgan fingerprint density at radius 1 is 1.46 bits per heavy atom. The number of aromatic nitrogens is 3. The van der Waals surface area contributed by atoms with Gasteiger partial charge in [0, 0.05) is 31.3 Å². The maximum Gasteiger partial charge on any atom is 0.273 e. The van der Waals surface area contributed by atoms with Crippen molar-refractivity contribution in [2.45, 2.75) is 32.7 Å². The van der Waals surface area contributed by atoms with Gasteiger partial charge in [-0.2, -0.15) is 0 Å². The first kappa shape index (κ1) is 16.4. The number of rotatable bonds is 4. The summed E-state index contributed by atoms with van der Waals surface area (Å²) in [5.74, 6) is 0.00242. The summed E-state index contributed by atoms with van der Waals surface area (Å²) < 4.78 is 1.60. The highest BCUT2D eigenvalue weighted by atomic mass is 16.3. The van der Waals surface area contributed by atoms with Crippen molar-refractivity contribution < 1.29 is 9.90 Å². The van der Waals surface area contributed by atoms with E-state index in [0.29, 0.717) is 11.0 Å². The molecule has 0 aromatic carbocycles. The molecule has 7 heteroatoms. The average Bonchev–Trinajstić information content (AvgIpc) is 3.08. The van der Waals surface area contributed by atoms with Crippen LogP contribution in [-0.2, 0) is 18.3 Å². The molecule has 0 spiro atoms. The minimum atomic E-state index is -0.191. The van der Waals surface area contributed by atoms with Crippen LogP contribution in [0, 0.1) is 19.8 Å². The molecule has 0 saturated heterocycles. The van der Waals surface area contributed by atoms with E-state index in [-0.39, 0.29) is 36.5 Å². The number of hydrogen-bond donors (Lipinski definition) is 3. The molecule has 1 aliphatic rings.